The predicted octanol–water partition coefficient (Wildman–Crippen LogP) is 18.9. The van der Waals surface area contributed by atoms with Gasteiger partial charge < -0.3 is 28.5 Å². The first kappa shape index (κ1) is 72.2. The van der Waals surface area contributed by atoms with Gasteiger partial charge in [-0.25, -0.2) is 0 Å². The molecule has 0 heterocycles. The number of nitrogens with zero attached hydrogens (tertiary/aromatic N) is 1. The van der Waals surface area contributed by atoms with Gasteiger partial charge >= 0.3 is 5.97 Å². The maximum Gasteiger partial charge on any atom is 0.306 e. The van der Waals surface area contributed by atoms with Crippen LogP contribution in [-0.4, -0.2) is 69.4 Å². The standard InChI is InChI=1S/C64H123N2O7P/c1-7-10-13-16-19-22-25-28-30-32-33-35-37-39-42-45-48-51-54-57-64(68)73-62(55-52-49-46-43-40-27-24-21-18-15-12-9-3)61(60-72-74(69,70)71-59-58-66(4,5)6)65-63(67)56-53-50-47-44-41-38-36-34-31-29-26-23-20-17-14-11-8-2/h28-31,52,55,61-62H,7-27,32-51,53-54,56-60H2,1-6H3,(H-,65,67,69,70)/b30-28+,31-29+,55-52+. The Hall–Kier alpha value is -1.77. The number of nitrogens with one attached hydrogen (secondary N) is 1. The molecule has 3 atom stereocenters. The molecule has 0 fully saturated rings. The van der Waals surface area contributed by atoms with Gasteiger partial charge in [0, 0.05) is 12.8 Å². The lowest BCUT2D eigenvalue weighted by Gasteiger charge is -2.30. The second kappa shape index (κ2) is 54.6. The molecule has 1 N–H and O–H groups in total. The number of allylic oxidation sites excluding steroid dienone is 5. The highest BCUT2D eigenvalue weighted by molar-refractivity contribution is 7.45. The van der Waals surface area contributed by atoms with Crippen LogP contribution in [0.15, 0.2) is 36.5 Å². The first-order chi connectivity index (χ1) is 35.9. The molecule has 1 amide bonds. The lowest BCUT2D eigenvalue weighted by atomic mass is 10.0. The molecule has 0 aromatic heterocycles. The largest absolute Gasteiger partial charge is 0.756 e. The summed E-state index contributed by atoms with van der Waals surface area (Å²) in [7, 11) is 1.19. The number of rotatable bonds is 58. The summed E-state index contributed by atoms with van der Waals surface area (Å²) in [6, 6.07) is -0.888. The number of likely N-dealkylation sites (N-methyl/N-ethyl adjacent to an activating group) is 1. The van der Waals surface area contributed by atoms with Crippen LogP contribution in [0.4, 0.5) is 0 Å². The van der Waals surface area contributed by atoms with Crippen molar-refractivity contribution in [2.75, 3.05) is 40.9 Å². The van der Waals surface area contributed by atoms with E-state index in [-0.39, 0.29) is 31.5 Å². The number of phosphoric ester groups is 1. The highest BCUT2D eigenvalue weighted by atomic mass is 31.2. The van der Waals surface area contributed by atoms with Crippen molar-refractivity contribution in [1.82, 2.24) is 5.32 Å². The van der Waals surface area contributed by atoms with E-state index in [1.807, 2.05) is 33.3 Å². The first-order valence-corrected chi connectivity index (χ1v) is 33.3. The quantitative estimate of drug-likeness (QED) is 0.0212. The predicted molar refractivity (Wildman–Crippen MR) is 316 cm³/mol. The normalized spacial score (nSPS) is 13.9. The Morgan fingerprint density at radius 2 is 0.784 bits per heavy atom. The van der Waals surface area contributed by atoms with Crippen molar-refractivity contribution in [3.63, 3.8) is 0 Å². The summed E-state index contributed by atoms with van der Waals surface area (Å²) < 4.78 is 30.3. The second-order valence-corrected chi connectivity index (χ2v) is 24.3. The Balaban J connectivity index is 5.23. The van der Waals surface area contributed by atoms with Crippen molar-refractivity contribution in [3.05, 3.63) is 36.5 Å². The van der Waals surface area contributed by atoms with Crippen LogP contribution in [0.25, 0.3) is 0 Å². The van der Waals surface area contributed by atoms with E-state index < -0.39 is 20.0 Å². The molecule has 74 heavy (non-hydrogen) atoms. The minimum absolute atomic E-state index is 0.0217. The SMILES string of the molecule is CCCCCCCC/C=C/CCCCCCCCCCCC(=O)OC(/C=C/CCCCCCCCCCCC)C(COP(=O)([O-])OCC[N+](C)(C)C)NC(=O)CCCCCCCCC/C=C/CCCCCCCC. The number of carbonyl (C=O) groups excluding carboxylic acids is 2. The van der Waals surface area contributed by atoms with Crippen LogP contribution < -0.4 is 10.2 Å². The van der Waals surface area contributed by atoms with Gasteiger partial charge in [-0.2, -0.15) is 0 Å². The number of quaternary nitrogens is 1. The molecule has 436 valence electrons. The van der Waals surface area contributed by atoms with Gasteiger partial charge in [-0.3, -0.25) is 14.2 Å². The molecular formula is C64H123N2O7P. The molecule has 0 aliphatic rings. The summed E-state index contributed by atoms with van der Waals surface area (Å²) in [6.45, 7) is 6.86. The van der Waals surface area contributed by atoms with Crippen LogP contribution in [0.2, 0.25) is 0 Å². The van der Waals surface area contributed by atoms with Gasteiger partial charge in [0.1, 0.15) is 19.3 Å². The average Bonchev–Trinajstić information content (AvgIpc) is 3.36. The molecule has 9 nitrogen and oxygen atoms in total. The molecule has 10 heteroatoms. The van der Waals surface area contributed by atoms with E-state index in [1.165, 1.54) is 205 Å². The van der Waals surface area contributed by atoms with E-state index in [4.69, 9.17) is 13.8 Å². The molecule has 0 aliphatic carbocycles. The van der Waals surface area contributed by atoms with Crippen molar-refractivity contribution in [2.45, 2.75) is 322 Å². The Morgan fingerprint density at radius 1 is 0.459 bits per heavy atom. The van der Waals surface area contributed by atoms with Crippen LogP contribution in [0, 0.1) is 0 Å². The zero-order valence-corrected chi connectivity index (χ0v) is 50.7. The van der Waals surface area contributed by atoms with E-state index in [1.54, 1.807) is 0 Å². The summed E-state index contributed by atoms with van der Waals surface area (Å²) in [4.78, 5) is 40.0. The molecule has 0 saturated carbocycles. The third kappa shape index (κ3) is 55.0. The van der Waals surface area contributed by atoms with Gasteiger partial charge in [-0.15, -0.1) is 0 Å². The minimum atomic E-state index is -4.70. The third-order valence-electron chi connectivity index (χ3n) is 14.3. The topological polar surface area (TPSA) is 114 Å². The first-order valence-electron chi connectivity index (χ1n) is 31.8. The van der Waals surface area contributed by atoms with Gasteiger partial charge in [-0.1, -0.05) is 250 Å². The van der Waals surface area contributed by atoms with Gasteiger partial charge in [0.05, 0.1) is 33.8 Å². The van der Waals surface area contributed by atoms with Gasteiger partial charge in [-0.05, 0) is 83.1 Å². The minimum Gasteiger partial charge on any atom is -0.756 e. The van der Waals surface area contributed by atoms with Crippen molar-refractivity contribution in [1.29, 1.82) is 0 Å². The number of hydrogen-bond acceptors (Lipinski definition) is 7. The van der Waals surface area contributed by atoms with E-state index in [9.17, 15) is 19.0 Å². The third-order valence-corrected chi connectivity index (χ3v) is 15.3. The number of amides is 1. The number of hydrogen-bond donors (Lipinski definition) is 1. The Bertz CT molecular complexity index is 1360. The molecule has 0 bridgehead atoms. The van der Waals surface area contributed by atoms with Crippen LogP contribution in [0.1, 0.15) is 310 Å². The fourth-order valence-electron chi connectivity index (χ4n) is 9.34. The maximum absolute atomic E-state index is 13.5. The summed E-state index contributed by atoms with van der Waals surface area (Å²) in [5.41, 5.74) is 0. The zero-order chi connectivity index (χ0) is 54.3. The van der Waals surface area contributed by atoms with Crippen LogP contribution in [-0.2, 0) is 27.9 Å². The Labute approximate surface area is 459 Å². The molecule has 0 aliphatic heterocycles. The van der Waals surface area contributed by atoms with Crippen LogP contribution >= 0.6 is 7.82 Å². The molecule has 0 rings (SSSR count). The number of carbonyl (C=O) groups is 2. The van der Waals surface area contributed by atoms with Crippen molar-refractivity contribution in [3.8, 4) is 0 Å². The summed E-state index contributed by atoms with van der Waals surface area (Å²) in [5, 5.41) is 3.03. The van der Waals surface area contributed by atoms with Crippen molar-refractivity contribution in [2.24, 2.45) is 0 Å². The summed E-state index contributed by atoms with van der Waals surface area (Å²) in [6.07, 6.45) is 65.3. The second-order valence-electron chi connectivity index (χ2n) is 22.9. The highest BCUT2D eigenvalue weighted by Gasteiger charge is 2.27. The van der Waals surface area contributed by atoms with E-state index in [0.29, 0.717) is 17.4 Å². The fourth-order valence-corrected chi connectivity index (χ4v) is 10.1. The summed E-state index contributed by atoms with van der Waals surface area (Å²) >= 11 is 0. The number of phosphoric acid groups is 1. The molecule has 3 unspecified atom stereocenters. The average molecular weight is 1060 g/mol. The maximum atomic E-state index is 13.5. The van der Waals surface area contributed by atoms with Gasteiger partial charge in [0.2, 0.25) is 5.91 Å². The molecule has 0 saturated heterocycles. The zero-order valence-electron chi connectivity index (χ0n) is 49.8. The molecule has 0 aromatic carbocycles. The highest BCUT2D eigenvalue weighted by Crippen LogP contribution is 2.38. The monoisotopic (exact) mass is 1060 g/mol. The lowest BCUT2D eigenvalue weighted by Crippen LogP contribution is -2.47. The van der Waals surface area contributed by atoms with Crippen molar-refractivity contribution >= 4 is 19.7 Å². The Kier molecular flexibility index (Phi) is 53.3. The van der Waals surface area contributed by atoms with Gasteiger partial charge in [0.15, 0.2) is 0 Å². The molecular weight excluding hydrogens is 940 g/mol. The Morgan fingerprint density at radius 3 is 1.15 bits per heavy atom. The van der Waals surface area contributed by atoms with E-state index >= 15 is 0 Å². The number of esters is 1. The smallest absolute Gasteiger partial charge is 0.306 e. The van der Waals surface area contributed by atoms with E-state index in [0.717, 1.165) is 70.6 Å². The van der Waals surface area contributed by atoms with Crippen LogP contribution in [0.5, 0.6) is 0 Å². The summed E-state index contributed by atoms with van der Waals surface area (Å²) in [5.74, 6) is -0.537. The molecule has 0 aromatic rings. The number of unbranched alkanes of at least 4 members (excludes halogenated alkanes) is 38. The van der Waals surface area contributed by atoms with Gasteiger partial charge in [0.25, 0.3) is 7.82 Å². The number of ether oxygens (including phenoxy) is 1. The molecule has 0 radical (unpaired) electrons. The lowest BCUT2D eigenvalue weighted by molar-refractivity contribution is -0.870. The van der Waals surface area contributed by atoms with E-state index in [2.05, 4.69) is 50.4 Å². The molecule has 0 spiro atoms. The fraction of sp³-hybridized carbons (Fsp3) is 0.875. The van der Waals surface area contributed by atoms with Crippen molar-refractivity contribution < 1.29 is 37.3 Å². The van der Waals surface area contributed by atoms with Crippen LogP contribution in [0.3, 0.4) is 0 Å².